The van der Waals surface area contributed by atoms with E-state index in [0.717, 1.165) is 11.2 Å². The molecule has 1 N–H and O–H groups in total. The van der Waals surface area contributed by atoms with E-state index >= 15 is 0 Å². The smallest absolute Gasteiger partial charge is 0.406 e. The van der Waals surface area contributed by atoms with Gasteiger partial charge in [0.05, 0.1) is 6.61 Å². The Morgan fingerprint density at radius 1 is 1.50 bits per heavy atom. The first-order valence-electron chi connectivity index (χ1n) is 4.83. The first-order chi connectivity index (χ1) is 7.46. The zero-order chi connectivity index (χ0) is 12.2. The van der Waals surface area contributed by atoms with Crippen LogP contribution in [0.2, 0.25) is 0 Å². The van der Waals surface area contributed by atoms with Crippen molar-refractivity contribution in [2.24, 2.45) is 0 Å². The molecule has 0 aliphatic rings. The summed E-state index contributed by atoms with van der Waals surface area (Å²) in [6.07, 6.45) is -2.61. The Labute approximate surface area is 90.7 Å². The highest BCUT2D eigenvalue weighted by atomic mass is 19.4. The van der Waals surface area contributed by atoms with Crippen LogP contribution < -0.4 is 4.90 Å². The summed E-state index contributed by atoms with van der Waals surface area (Å²) < 4.78 is 41.6. The number of aliphatic hydroxyl groups excluding tert-OH is 1. The van der Waals surface area contributed by atoms with Crippen LogP contribution in [-0.2, 0) is 6.61 Å². The highest BCUT2D eigenvalue weighted by Gasteiger charge is 2.32. The van der Waals surface area contributed by atoms with Crippen LogP contribution in [0, 0.1) is 0 Å². The van der Waals surface area contributed by atoms with E-state index in [0.29, 0.717) is 6.42 Å². The standard InChI is InChI=1S/C9H13F3N2O2/c1-2-3-14(6-9(10,11)12)8-13-7(4-15)5-16-8/h5,15H,2-4,6H2,1H3. The number of hydrogen-bond donors (Lipinski definition) is 1. The fourth-order valence-electron chi connectivity index (χ4n) is 1.24. The van der Waals surface area contributed by atoms with Gasteiger partial charge in [-0.05, 0) is 6.42 Å². The summed E-state index contributed by atoms with van der Waals surface area (Å²) in [4.78, 5) is 4.74. The van der Waals surface area contributed by atoms with E-state index in [9.17, 15) is 13.2 Å². The van der Waals surface area contributed by atoms with Gasteiger partial charge in [0.1, 0.15) is 18.5 Å². The molecular formula is C9H13F3N2O2. The van der Waals surface area contributed by atoms with Crippen molar-refractivity contribution in [2.75, 3.05) is 18.0 Å². The third kappa shape index (κ3) is 3.73. The first-order valence-corrected chi connectivity index (χ1v) is 4.83. The number of aromatic nitrogens is 1. The Balaban J connectivity index is 2.76. The van der Waals surface area contributed by atoms with E-state index in [2.05, 4.69) is 4.98 Å². The van der Waals surface area contributed by atoms with E-state index in [1.165, 1.54) is 0 Å². The van der Waals surface area contributed by atoms with Crippen molar-refractivity contribution in [1.29, 1.82) is 0 Å². The van der Waals surface area contributed by atoms with Gasteiger partial charge in [0.15, 0.2) is 0 Å². The molecule has 7 heteroatoms. The first kappa shape index (κ1) is 12.8. The monoisotopic (exact) mass is 238 g/mol. The molecule has 0 spiro atoms. The van der Waals surface area contributed by atoms with Crippen LogP contribution in [0.15, 0.2) is 10.7 Å². The Hall–Kier alpha value is -1.24. The average Bonchev–Trinajstić information content (AvgIpc) is 2.63. The van der Waals surface area contributed by atoms with E-state index in [4.69, 9.17) is 9.52 Å². The molecule has 4 nitrogen and oxygen atoms in total. The van der Waals surface area contributed by atoms with Crippen molar-refractivity contribution < 1.29 is 22.7 Å². The predicted molar refractivity (Wildman–Crippen MR) is 51.0 cm³/mol. The molecule has 1 rings (SSSR count). The maximum atomic E-state index is 12.2. The van der Waals surface area contributed by atoms with E-state index < -0.39 is 12.7 Å². The Kier molecular flexibility index (Phi) is 4.17. The minimum absolute atomic E-state index is 0.108. The van der Waals surface area contributed by atoms with Crippen molar-refractivity contribution in [1.82, 2.24) is 4.98 Å². The lowest BCUT2D eigenvalue weighted by atomic mass is 10.4. The lowest BCUT2D eigenvalue weighted by Crippen LogP contribution is -2.35. The topological polar surface area (TPSA) is 49.5 Å². The molecule has 1 aromatic rings. The minimum Gasteiger partial charge on any atom is -0.432 e. The van der Waals surface area contributed by atoms with Gasteiger partial charge in [0.25, 0.3) is 6.01 Å². The predicted octanol–water partition coefficient (Wildman–Crippen LogP) is 1.95. The molecule has 0 aromatic carbocycles. The van der Waals surface area contributed by atoms with E-state index in [1.54, 1.807) is 6.92 Å². The van der Waals surface area contributed by atoms with E-state index in [1.807, 2.05) is 0 Å². The lowest BCUT2D eigenvalue weighted by Gasteiger charge is -2.21. The zero-order valence-corrected chi connectivity index (χ0v) is 8.79. The Morgan fingerprint density at radius 2 is 2.19 bits per heavy atom. The molecule has 0 radical (unpaired) electrons. The molecule has 0 saturated carbocycles. The van der Waals surface area contributed by atoms with Gasteiger partial charge < -0.3 is 14.4 Å². The summed E-state index contributed by atoms with van der Waals surface area (Å²) in [6.45, 7) is 0.506. The van der Waals surface area contributed by atoms with Gasteiger partial charge >= 0.3 is 6.18 Å². The number of anilines is 1. The fourth-order valence-corrected chi connectivity index (χ4v) is 1.24. The van der Waals surface area contributed by atoms with Crippen LogP contribution in [0.3, 0.4) is 0 Å². The molecule has 16 heavy (non-hydrogen) atoms. The van der Waals surface area contributed by atoms with Crippen molar-refractivity contribution in [3.05, 3.63) is 12.0 Å². The SMILES string of the molecule is CCCN(CC(F)(F)F)c1nc(CO)co1. The van der Waals surface area contributed by atoms with Crippen molar-refractivity contribution in [3.8, 4) is 0 Å². The van der Waals surface area contributed by atoms with Gasteiger partial charge in [-0.2, -0.15) is 18.2 Å². The van der Waals surface area contributed by atoms with Gasteiger partial charge in [-0.15, -0.1) is 0 Å². The molecule has 0 unspecified atom stereocenters. The number of halogens is 3. The molecule has 0 saturated heterocycles. The molecule has 0 amide bonds. The molecular weight excluding hydrogens is 225 g/mol. The van der Waals surface area contributed by atoms with Crippen LogP contribution in [0.5, 0.6) is 0 Å². The largest absolute Gasteiger partial charge is 0.432 e. The third-order valence-electron chi connectivity index (χ3n) is 1.84. The Morgan fingerprint density at radius 3 is 2.62 bits per heavy atom. The second-order valence-electron chi connectivity index (χ2n) is 3.32. The maximum absolute atomic E-state index is 12.2. The summed E-state index contributed by atoms with van der Waals surface area (Å²) in [6, 6.07) is -0.108. The van der Waals surface area contributed by atoms with Crippen molar-refractivity contribution in [3.63, 3.8) is 0 Å². The number of aliphatic hydroxyl groups is 1. The van der Waals surface area contributed by atoms with Crippen LogP contribution in [0.1, 0.15) is 19.0 Å². The molecule has 0 fully saturated rings. The molecule has 1 heterocycles. The van der Waals surface area contributed by atoms with Gasteiger partial charge in [0.2, 0.25) is 0 Å². The maximum Gasteiger partial charge on any atom is 0.406 e. The minimum atomic E-state index is -4.30. The van der Waals surface area contributed by atoms with Crippen molar-refractivity contribution in [2.45, 2.75) is 26.1 Å². The number of alkyl halides is 3. The zero-order valence-electron chi connectivity index (χ0n) is 8.79. The summed E-state index contributed by atoms with van der Waals surface area (Å²) in [5.41, 5.74) is 0.221. The number of oxazole rings is 1. The van der Waals surface area contributed by atoms with Gasteiger partial charge in [-0.3, -0.25) is 0 Å². The summed E-state index contributed by atoms with van der Waals surface area (Å²) in [7, 11) is 0. The van der Waals surface area contributed by atoms with Gasteiger partial charge in [0, 0.05) is 6.54 Å². The molecule has 92 valence electrons. The third-order valence-corrected chi connectivity index (χ3v) is 1.84. The number of rotatable bonds is 5. The fraction of sp³-hybridized carbons (Fsp3) is 0.667. The Bertz CT molecular complexity index is 325. The second kappa shape index (κ2) is 5.20. The van der Waals surface area contributed by atoms with Crippen molar-refractivity contribution >= 4 is 6.01 Å². The van der Waals surface area contributed by atoms with Crippen LogP contribution >= 0.6 is 0 Å². The lowest BCUT2D eigenvalue weighted by molar-refractivity contribution is -0.120. The summed E-state index contributed by atoms with van der Waals surface area (Å²) in [5.74, 6) is 0. The van der Waals surface area contributed by atoms with Crippen LogP contribution in [-0.4, -0.2) is 29.4 Å². The van der Waals surface area contributed by atoms with Crippen LogP contribution in [0.4, 0.5) is 19.2 Å². The number of hydrogen-bond acceptors (Lipinski definition) is 4. The second-order valence-corrected chi connectivity index (χ2v) is 3.32. The van der Waals surface area contributed by atoms with E-state index in [-0.39, 0.29) is 24.9 Å². The molecule has 0 atom stereocenters. The summed E-state index contributed by atoms with van der Waals surface area (Å²) in [5, 5.41) is 8.73. The highest BCUT2D eigenvalue weighted by molar-refractivity contribution is 5.27. The van der Waals surface area contributed by atoms with Gasteiger partial charge in [-0.1, -0.05) is 6.92 Å². The van der Waals surface area contributed by atoms with Crippen LogP contribution in [0.25, 0.3) is 0 Å². The molecule has 1 aromatic heterocycles. The number of nitrogens with zero attached hydrogens (tertiary/aromatic N) is 2. The molecule has 0 aliphatic carbocycles. The average molecular weight is 238 g/mol. The quantitative estimate of drug-likeness (QED) is 0.851. The normalized spacial score (nSPS) is 11.8. The molecule has 0 aliphatic heterocycles. The van der Waals surface area contributed by atoms with Gasteiger partial charge in [-0.25, -0.2) is 0 Å². The highest BCUT2D eigenvalue weighted by Crippen LogP contribution is 2.21. The summed E-state index contributed by atoms with van der Waals surface area (Å²) >= 11 is 0. The molecule has 0 bridgehead atoms.